The molecule has 2 rings (SSSR count). The molecular weight excluding hydrogens is 309 g/mol. The van der Waals surface area contributed by atoms with E-state index in [0.29, 0.717) is 28.8 Å². The van der Waals surface area contributed by atoms with E-state index in [0.717, 1.165) is 19.3 Å². The van der Waals surface area contributed by atoms with Crippen LogP contribution < -0.4 is 5.32 Å². The zero-order chi connectivity index (χ0) is 15.2. The maximum absolute atomic E-state index is 12.2. The van der Waals surface area contributed by atoms with Gasteiger partial charge in [-0.15, -0.1) is 0 Å². The molecule has 0 bridgehead atoms. The van der Waals surface area contributed by atoms with E-state index in [4.69, 9.17) is 23.2 Å². The van der Waals surface area contributed by atoms with Crippen LogP contribution in [0.2, 0.25) is 10.0 Å². The summed E-state index contributed by atoms with van der Waals surface area (Å²) in [6, 6.07) is 7.02. The monoisotopic (exact) mass is 323 g/mol. The van der Waals surface area contributed by atoms with Crippen molar-refractivity contribution in [1.29, 1.82) is 5.26 Å². The van der Waals surface area contributed by atoms with Gasteiger partial charge in [-0.1, -0.05) is 29.3 Å². The highest BCUT2D eigenvalue weighted by Gasteiger charge is 2.20. The molecule has 1 aliphatic heterocycles. The first-order chi connectivity index (χ1) is 10.1. The number of nitrogens with zero attached hydrogens (tertiary/aromatic N) is 2. The quantitative estimate of drug-likeness (QED) is 0.679. The summed E-state index contributed by atoms with van der Waals surface area (Å²) in [6.45, 7) is 1.40. The molecule has 1 amide bonds. The molecule has 1 N–H and O–H groups in total. The molecule has 1 aromatic rings. The van der Waals surface area contributed by atoms with Crippen LogP contribution >= 0.6 is 23.2 Å². The van der Waals surface area contributed by atoms with Gasteiger partial charge in [-0.25, -0.2) is 0 Å². The van der Waals surface area contributed by atoms with Gasteiger partial charge >= 0.3 is 0 Å². The molecule has 0 radical (unpaired) electrons. The summed E-state index contributed by atoms with van der Waals surface area (Å²) in [5.41, 5.74) is 0.535. The minimum absolute atomic E-state index is 0.0490. The van der Waals surface area contributed by atoms with E-state index >= 15 is 0 Å². The Balaban J connectivity index is 2.14. The van der Waals surface area contributed by atoms with E-state index in [9.17, 15) is 10.1 Å². The molecule has 4 nitrogen and oxygen atoms in total. The fourth-order valence-corrected chi connectivity index (χ4v) is 2.70. The summed E-state index contributed by atoms with van der Waals surface area (Å²) in [5, 5.41) is 12.9. The highest BCUT2D eigenvalue weighted by molar-refractivity contribution is 6.39. The number of para-hydroxylation sites is 1. The van der Waals surface area contributed by atoms with Crippen molar-refractivity contribution in [2.45, 2.75) is 19.3 Å². The van der Waals surface area contributed by atoms with Crippen molar-refractivity contribution in [3.05, 3.63) is 40.0 Å². The zero-order valence-electron chi connectivity index (χ0n) is 11.4. The molecule has 0 aromatic heterocycles. The zero-order valence-corrected chi connectivity index (χ0v) is 12.9. The van der Waals surface area contributed by atoms with Crippen molar-refractivity contribution >= 4 is 34.8 Å². The third-order valence-electron chi connectivity index (χ3n) is 3.32. The Kier molecular flexibility index (Phi) is 5.49. The second-order valence-corrected chi connectivity index (χ2v) is 5.58. The first-order valence-corrected chi connectivity index (χ1v) is 7.49. The number of hydrogen-bond donors (Lipinski definition) is 1. The number of likely N-dealkylation sites (tertiary alicyclic amines) is 1. The number of piperidine rings is 1. The van der Waals surface area contributed by atoms with Crippen LogP contribution in [-0.4, -0.2) is 23.9 Å². The Morgan fingerprint density at radius 1 is 1.24 bits per heavy atom. The molecule has 0 unspecified atom stereocenters. The van der Waals surface area contributed by atoms with Crippen molar-refractivity contribution in [2.75, 3.05) is 18.4 Å². The van der Waals surface area contributed by atoms with Crippen molar-refractivity contribution in [1.82, 2.24) is 4.90 Å². The van der Waals surface area contributed by atoms with Gasteiger partial charge in [0.2, 0.25) is 0 Å². The molecule has 1 saturated heterocycles. The fourth-order valence-electron chi connectivity index (χ4n) is 2.19. The van der Waals surface area contributed by atoms with Crippen LogP contribution in [0.4, 0.5) is 5.69 Å². The lowest BCUT2D eigenvalue weighted by molar-refractivity contribution is -0.127. The maximum atomic E-state index is 12.2. The third-order valence-corrected chi connectivity index (χ3v) is 3.95. The molecule has 1 aliphatic rings. The standard InChI is InChI=1S/C15H15Cl2N3O/c16-12-5-4-6-13(17)14(12)19-10-11(9-18)15(21)20-7-2-1-3-8-20/h4-6,10,19H,1-3,7-8H2/b11-10-. The highest BCUT2D eigenvalue weighted by Crippen LogP contribution is 2.29. The van der Waals surface area contributed by atoms with E-state index < -0.39 is 0 Å². The van der Waals surface area contributed by atoms with Crippen LogP contribution in [0.25, 0.3) is 0 Å². The molecular formula is C15H15Cl2N3O. The molecule has 0 spiro atoms. The number of amides is 1. The smallest absolute Gasteiger partial charge is 0.266 e. The van der Waals surface area contributed by atoms with E-state index in [-0.39, 0.29) is 11.5 Å². The van der Waals surface area contributed by atoms with Crippen LogP contribution in [0.15, 0.2) is 30.0 Å². The first kappa shape index (κ1) is 15.7. The van der Waals surface area contributed by atoms with Crippen molar-refractivity contribution < 1.29 is 4.79 Å². The summed E-state index contributed by atoms with van der Waals surface area (Å²) in [4.78, 5) is 14.0. The normalized spacial score (nSPS) is 15.5. The van der Waals surface area contributed by atoms with Crippen LogP contribution in [0.5, 0.6) is 0 Å². The predicted molar refractivity (Wildman–Crippen MR) is 84.2 cm³/mol. The van der Waals surface area contributed by atoms with E-state index in [2.05, 4.69) is 5.32 Å². The van der Waals surface area contributed by atoms with E-state index in [1.54, 1.807) is 23.1 Å². The molecule has 1 fully saturated rings. The Morgan fingerprint density at radius 2 is 1.86 bits per heavy atom. The average molecular weight is 324 g/mol. The number of nitrogens with one attached hydrogen (secondary N) is 1. The third kappa shape index (κ3) is 3.90. The minimum Gasteiger partial charge on any atom is -0.358 e. The van der Waals surface area contributed by atoms with Gasteiger partial charge in [0.25, 0.3) is 5.91 Å². The number of carbonyl (C=O) groups excluding carboxylic acids is 1. The first-order valence-electron chi connectivity index (χ1n) is 6.73. The Morgan fingerprint density at radius 3 is 2.43 bits per heavy atom. The fraction of sp³-hybridized carbons (Fsp3) is 0.333. The summed E-state index contributed by atoms with van der Waals surface area (Å²) in [5.74, 6) is -0.257. The second kappa shape index (κ2) is 7.35. The molecule has 21 heavy (non-hydrogen) atoms. The molecule has 110 valence electrons. The summed E-state index contributed by atoms with van der Waals surface area (Å²) in [7, 11) is 0. The summed E-state index contributed by atoms with van der Waals surface area (Å²) in [6.07, 6.45) is 4.45. The number of rotatable bonds is 3. The lowest BCUT2D eigenvalue weighted by atomic mass is 10.1. The molecule has 0 aliphatic carbocycles. The Bertz CT molecular complexity index is 581. The van der Waals surface area contributed by atoms with E-state index in [1.165, 1.54) is 6.20 Å². The summed E-state index contributed by atoms with van der Waals surface area (Å²) >= 11 is 12.1. The Hall–Kier alpha value is -1.70. The topological polar surface area (TPSA) is 56.1 Å². The lowest BCUT2D eigenvalue weighted by Crippen LogP contribution is -2.36. The maximum Gasteiger partial charge on any atom is 0.266 e. The number of halogens is 2. The van der Waals surface area contributed by atoms with Crippen molar-refractivity contribution in [2.24, 2.45) is 0 Å². The van der Waals surface area contributed by atoms with Gasteiger partial charge in [0, 0.05) is 19.3 Å². The molecule has 1 aromatic carbocycles. The van der Waals surface area contributed by atoms with Gasteiger partial charge in [-0.2, -0.15) is 5.26 Å². The van der Waals surface area contributed by atoms with Crippen molar-refractivity contribution in [3.63, 3.8) is 0 Å². The molecule has 0 saturated carbocycles. The van der Waals surface area contributed by atoms with Crippen LogP contribution in [0, 0.1) is 11.3 Å². The van der Waals surface area contributed by atoms with Gasteiger partial charge < -0.3 is 10.2 Å². The number of carbonyl (C=O) groups is 1. The van der Waals surface area contributed by atoms with Gasteiger partial charge in [-0.05, 0) is 31.4 Å². The van der Waals surface area contributed by atoms with Crippen molar-refractivity contribution in [3.8, 4) is 6.07 Å². The number of nitriles is 1. The van der Waals surface area contributed by atoms with Gasteiger partial charge in [0.15, 0.2) is 0 Å². The van der Waals surface area contributed by atoms with Crippen LogP contribution in [-0.2, 0) is 4.79 Å². The second-order valence-electron chi connectivity index (χ2n) is 4.76. The SMILES string of the molecule is N#C/C(=C/Nc1c(Cl)cccc1Cl)C(=O)N1CCCCC1. The van der Waals surface area contributed by atoms with Crippen LogP contribution in [0.3, 0.4) is 0 Å². The van der Waals surface area contributed by atoms with Gasteiger partial charge in [-0.3, -0.25) is 4.79 Å². The number of benzene rings is 1. The largest absolute Gasteiger partial charge is 0.358 e. The van der Waals surface area contributed by atoms with Gasteiger partial charge in [0.1, 0.15) is 11.6 Å². The summed E-state index contributed by atoms with van der Waals surface area (Å²) < 4.78 is 0. The molecule has 1 heterocycles. The van der Waals surface area contributed by atoms with E-state index in [1.807, 2.05) is 6.07 Å². The average Bonchev–Trinajstić information content (AvgIpc) is 2.51. The predicted octanol–water partition coefficient (Wildman–Crippen LogP) is 3.83. The Labute approximate surface area is 133 Å². The number of hydrogen-bond acceptors (Lipinski definition) is 3. The minimum atomic E-state index is -0.257. The molecule has 6 heteroatoms. The van der Waals surface area contributed by atoms with Crippen LogP contribution in [0.1, 0.15) is 19.3 Å². The van der Waals surface area contributed by atoms with Gasteiger partial charge in [0.05, 0.1) is 15.7 Å². The highest BCUT2D eigenvalue weighted by atomic mass is 35.5. The number of anilines is 1. The lowest BCUT2D eigenvalue weighted by Gasteiger charge is -2.26. The molecule has 0 atom stereocenters.